The molecule has 2 aromatic heterocycles. The highest BCUT2D eigenvalue weighted by Gasteiger charge is 2.24. The van der Waals surface area contributed by atoms with Gasteiger partial charge in [-0.05, 0) is 80.8 Å². The summed E-state index contributed by atoms with van der Waals surface area (Å²) in [6, 6.07) is 15.7. The lowest BCUT2D eigenvalue weighted by molar-refractivity contribution is 0.0978. The van der Waals surface area contributed by atoms with Crippen molar-refractivity contribution in [3.05, 3.63) is 100 Å². The molecule has 0 saturated carbocycles. The average Bonchev–Trinajstić information content (AvgIpc) is 2.81. The number of nitrogens with one attached hydrogen (secondary N) is 1. The maximum absolute atomic E-state index is 14.7. The van der Waals surface area contributed by atoms with Crippen LogP contribution in [0.2, 0.25) is 0 Å². The van der Waals surface area contributed by atoms with E-state index in [1.165, 1.54) is 36.5 Å². The smallest absolute Gasteiger partial charge is 0.281 e. The minimum absolute atomic E-state index is 0.134. The van der Waals surface area contributed by atoms with Gasteiger partial charge in [-0.25, -0.2) is 19.1 Å². The van der Waals surface area contributed by atoms with E-state index in [4.69, 9.17) is 4.74 Å². The normalized spacial score (nSPS) is 11.2. The van der Waals surface area contributed by atoms with Crippen molar-refractivity contribution in [2.24, 2.45) is 0 Å². The van der Waals surface area contributed by atoms with Crippen molar-refractivity contribution in [3.8, 4) is 22.9 Å². The number of pyridine rings is 2. The van der Waals surface area contributed by atoms with Crippen molar-refractivity contribution >= 4 is 15.9 Å². The second-order valence-electron chi connectivity index (χ2n) is 8.47. The Morgan fingerprint density at radius 3 is 2.28 bits per heavy atom. The predicted molar refractivity (Wildman–Crippen MR) is 134 cm³/mol. The first kappa shape index (κ1) is 25.0. The van der Waals surface area contributed by atoms with Gasteiger partial charge >= 0.3 is 0 Å². The molecule has 4 aromatic rings. The monoisotopic (exact) mass is 505 g/mol. The number of carbonyl (C=O) groups is 1. The van der Waals surface area contributed by atoms with Crippen LogP contribution in [-0.4, -0.2) is 24.3 Å². The fraction of sp³-hybridized carbons (Fsp3) is 0.148. The molecule has 0 radical (unpaired) electrons. The van der Waals surface area contributed by atoms with Crippen LogP contribution < -0.4 is 9.46 Å². The molecule has 0 aliphatic carbocycles. The van der Waals surface area contributed by atoms with Crippen molar-refractivity contribution in [2.75, 3.05) is 0 Å². The van der Waals surface area contributed by atoms with Gasteiger partial charge in [-0.3, -0.25) is 4.79 Å². The van der Waals surface area contributed by atoms with E-state index in [2.05, 4.69) is 9.97 Å². The zero-order valence-corrected chi connectivity index (χ0v) is 21.0. The predicted octanol–water partition coefficient (Wildman–Crippen LogP) is 5.43. The zero-order valence-electron chi connectivity index (χ0n) is 20.2. The molecule has 0 aliphatic rings. The Hall–Kier alpha value is -4.11. The van der Waals surface area contributed by atoms with Crippen LogP contribution in [0.4, 0.5) is 4.39 Å². The van der Waals surface area contributed by atoms with Gasteiger partial charge in [0, 0.05) is 11.8 Å². The van der Waals surface area contributed by atoms with Gasteiger partial charge in [0.1, 0.15) is 17.1 Å². The van der Waals surface area contributed by atoms with Crippen molar-refractivity contribution in [2.45, 2.75) is 32.7 Å². The van der Waals surface area contributed by atoms with E-state index in [0.717, 1.165) is 22.3 Å². The lowest BCUT2D eigenvalue weighted by Crippen LogP contribution is -2.31. The molecule has 1 N–H and O–H groups in total. The minimum atomic E-state index is -4.25. The molecular weight excluding hydrogens is 481 g/mol. The van der Waals surface area contributed by atoms with Gasteiger partial charge in [-0.15, -0.1) is 0 Å². The van der Waals surface area contributed by atoms with Crippen LogP contribution in [0.5, 0.6) is 11.6 Å². The van der Waals surface area contributed by atoms with Crippen LogP contribution in [0.15, 0.2) is 71.9 Å². The van der Waals surface area contributed by atoms with Gasteiger partial charge in [0.05, 0.1) is 5.69 Å². The molecule has 4 rings (SSSR count). The number of aryl methyl sites for hydroxylation is 4. The van der Waals surface area contributed by atoms with E-state index in [-0.39, 0.29) is 27.7 Å². The van der Waals surface area contributed by atoms with E-state index in [1.54, 1.807) is 25.1 Å². The largest absolute Gasteiger partial charge is 0.438 e. The highest BCUT2D eigenvalue weighted by molar-refractivity contribution is 7.90. The Morgan fingerprint density at radius 1 is 0.917 bits per heavy atom. The van der Waals surface area contributed by atoms with Gasteiger partial charge in [0.25, 0.3) is 15.9 Å². The number of rotatable bonds is 6. The third kappa shape index (κ3) is 5.26. The minimum Gasteiger partial charge on any atom is -0.438 e. The first-order valence-corrected chi connectivity index (χ1v) is 12.5. The standard InChI is InChI=1S/C27H24FN3O4S/c1-16-8-9-20(22(28)15-16)23-11-10-21(26(32)31-36(33,34)24-7-5-6-12-29-24)27(30-23)35-25-18(3)13-17(2)14-19(25)4/h5-15H,1-4H3,(H,31,32). The van der Waals surface area contributed by atoms with Crippen LogP contribution in [-0.2, 0) is 10.0 Å². The van der Waals surface area contributed by atoms with Crippen molar-refractivity contribution in [1.29, 1.82) is 0 Å². The number of amides is 1. The Morgan fingerprint density at radius 2 is 1.64 bits per heavy atom. The van der Waals surface area contributed by atoms with Crippen LogP contribution in [0.25, 0.3) is 11.3 Å². The van der Waals surface area contributed by atoms with Crippen molar-refractivity contribution in [1.82, 2.24) is 14.7 Å². The molecule has 0 saturated heterocycles. The zero-order chi connectivity index (χ0) is 26.0. The fourth-order valence-corrected chi connectivity index (χ4v) is 4.74. The fourth-order valence-electron chi connectivity index (χ4n) is 3.83. The Balaban J connectivity index is 1.80. The van der Waals surface area contributed by atoms with Crippen molar-refractivity contribution < 1.29 is 22.3 Å². The molecular formula is C27H24FN3O4S. The molecule has 184 valence electrons. The molecule has 2 heterocycles. The number of ether oxygens (including phenoxy) is 1. The molecule has 0 aliphatic heterocycles. The SMILES string of the molecule is Cc1cc(C)c(Oc2nc(-c3ccc(C)cc3F)ccc2C(=O)NS(=O)(=O)c2ccccn2)c(C)c1. The first-order valence-electron chi connectivity index (χ1n) is 11.1. The average molecular weight is 506 g/mol. The molecule has 0 spiro atoms. The Kier molecular flexibility index (Phi) is 6.85. The summed E-state index contributed by atoms with van der Waals surface area (Å²) < 4.78 is 48.2. The van der Waals surface area contributed by atoms with E-state index in [1.807, 2.05) is 37.6 Å². The maximum Gasteiger partial charge on any atom is 0.281 e. The number of aromatic nitrogens is 2. The molecule has 36 heavy (non-hydrogen) atoms. The number of hydrogen-bond acceptors (Lipinski definition) is 6. The van der Waals surface area contributed by atoms with E-state index in [9.17, 15) is 17.6 Å². The molecule has 0 unspecified atom stereocenters. The topological polar surface area (TPSA) is 98.2 Å². The lowest BCUT2D eigenvalue weighted by atomic mass is 10.1. The summed E-state index contributed by atoms with van der Waals surface area (Å²) in [4.78, 5) is 21.3. The third-order valence-corrected chi connectivity index (χ3v) is 6.70. The maximum atomic E-state index is 14.7. The Labute approximate surface area is 209 Å². The third-order valence-electron chi connectivity index (χ3n) is 5.45. The summed E-state index contributed by atoms with van der Waals surface area (Å²) in [5.74, 6) is -1.12. The summed E-state index contributed by atoms with van der Waals surface area (Å²) >= 11 is 0. The molecule has 1 amide bonds. The molecule has 0 fully saturated rings. The molecule has 7 nitrogen and oxygen atoms in total. The van der Waals surface area contributed by atoms with Crippen LogP contribution >= 0.6 is 0 Å². The van der Waals surface area contributed by atoms with E-state index < -0.39 is 21.7 Å². The number of nitrogens with zero attached hydrogens (tertiary/aromatic N) is 2. The second-order valence-corrected chi connectivity index (χ2v) is 10.1. The quantitative estimate of drug-likeness (QED) is 0.375. The van der Waals surface area contributed by atoms with Crippen LogP contribution in [0, 0.1) is 33.5 Å². The van der Waals surface area contributed by atoms with Gasteiger partial charge < -0.3 is 4.74 Å². The number of sulfonamides is 1. The lowest BCUT2D eigenvalue weighted by Gasteiger charge is -2.16. The number of halogens is 1. The summed E-state index contributed by atoms with van der Waals surface area (Å²) in [5, 5.41) is -0.308. The molecule has 2 aromatic carbocycles. The van der Waals surface area contributed by atoms with Crippen LogP contribution in [0.3, 0.4) is 0 Å². The Bertz CT molecular complexity index is 1550. The van der Waals surface area contributed by atoms with Gasteiger partial charge in [-0.2, -0.15) is 8.42 Å². The van der Waals surface area contributed by atoms with E-state index >= 15 is 0 Å². The summed E-state index contributed by atoms with van der Waals surface area (Å²) in [5.41, 5.74) is 3.69. The van der Waals surface area contributed by atoms with Crippen LogP contribution in [0.1, 0.15) is 32.6 Å². The second kappa shape index (κ2) is 9.87. The summed E-state index contributed by atoms with van der Waals surface area (Å²) in [6.45, 7) is 7.42. The molecule has 0 atom stereocenters. The number of hydrogen-bond donors (Lipinski definition) is 1. The van der Waals surface area contributed by atoms with Crippen molar-refractivity contribution in [3.63, 3.8) is 0 Å². The van der Waals surface area contributed by atoms with Gasteiger partial charge in [0.15, 0.2) is 5.03 Å². The highest BCUT2D eigenvalue weighted by atomic mass is 32.2. The number of benzene rings is 2. The van der Waals surface area contributed by atoms with Gasteiger partial charge in [-0.1, -0.05) is 29.8 Å². The van der Waals surface area contributed by atoms with E-state index in [0.29, 0.717) is 5.75 Å². The summed E-state index contributed by atoms with van der Waals surface area (Å²) in [6.07, 6.45) is 1.31. The highest BCUT2D eigenvalue weighted by Crippen LogP contribution is 2.33. The van der Waals surface area contributed by atoms with Gasteiger partial charge in [0.2, 0.25) is 5.88 Å². The first-order chi connectivity index (χ1) is 17.0. The summed E-state index contributed by atoms with van der Waals surface area (Å²) in [7, 11) is -4.25. The number of carbonyl (C=O) groups excluding carboxylic acids is 1. The molecule has 0 bridgehead atoms. The molecule has 9 heteroatoms.